The van der Waals surface area contributed by atoms with Gasteiger partial charge in [0.1, 0.15) is 5.75 Å². The van der Waals surface area contributed by atoms with Crippen molar-refractivity contribution in [2.45, 2.75) is 29.2 Å². The van der Waals surface area contributed by atoms with Gasteiger partial charge in [-0.2, -0.15) is 0 Å². The number of carbonyl (C=O) groups excluding carboxylic acids is 1. The van der Waals surface area contributed by atoms with E-state index in [4.69, 9.17) is 9.47 Å². The fraction of sp³-hybridized carbons (Fsp3) is 0.194. The van der Waals surface area contributed by atoms with E-state index in [1.165, 1.54) is 12.1 Å². The zero-order valence-electron chi connectivity index (χ0n) is 23.1. The van der Waals surface area contributed by atoms with Crippen LogP contribution in [0.2, 0.25) is 0 Å². The molecule has 1 amide bonds. The minimum absolute atomic E-state index is 0.131. The molecule has 5 rings (SSSR count). The number of alkyl halides is 3. The number of rotatable bonds is 12. The third kappa shape index (κ3) is 8.68. The van der Waals surface area contributed by atoms with E-state index in [0.29, 0.717) is 24.6 Å². The van der Waals surface area contributed by atoms with Crippen LogP contribution in [0, 0.1) is 0 Å². The number of nitrogens with zero attached hydrogens (tertiary/aromatic N) is 1. The van der Waals surface area contributed by atoms with Crippen molar-refractivity contribution >= 4 is 27.7 Å². The minimum atomic E-state index is -4.89. The Morgan fingerprint density at radius 2 is 1.52 bits per heavy atom. The Kier molecular flexibility index (Phi) is 9.67. The van der Waals surface area contributed by atoms with Gasteiger partial charge in [0, 0.05) is 35.8 Å². The van der Waals surface area contributed by atoms with E-state index in [9.17, 15) is 26.4 Å². The molecule has 1 heterocycles. The molecule has 0 saturated carbocycles. The van der Waals surface area contributed by atoms with Crippen molar-refractivity contribution in [1.29, 1.82) is 0 Å². The maximum Gasteiger partial charge on any atom is 0.573 e. The van der Waals surface area contributed by atoms with Gasteiger partial charge < -0.3 is 14.2 Å². The quantitative estimate of drug-likeness (QED) is 0.182. The lowest BCUT2D eigenvalue weighted by atomic mass is 10.1. The molecule has 0 atom stereocenters. The Morgan fingerprint density at radius 1 is 0.864 bits per heavy atom. The third-order valence-electron chi connectivity index (χ3n) is 6.48. The first-order valence-corrected chi connectivity index (χ1v) is 15.8. The van der Waals surface area contributed by atoms with E-state index in [1.807, 2.05) is 41.1 Å². The standard InChI is InChI=1S/C31H27F3N2O6S2/c32-31(33,34)42-25-11-9-24(10-12-25)30(37)35-44(38,39)27-13-6-22(7-14-27)19-36(16-17-43-26-4-2-1-3-5-26)20-23-8-15-28-29(18-23)41-21-40-28/h1-15,18H,16-17,19-21H2,(H,35,37). The zero-order valence-corrected chi connectivity index (χ0v) is 24.8. The lowest BCUT2D eigenvalue weighted by molar-refractivity contribution is -0.274. The molecule has 0 spiro atoms. The first kappa shape index (κ1) is 31.2. The molecule has 0 fully saturated rings. The molecular formula is C31H27F3N2O6S2. The third-order valence-corrected chi connectivity index (χ3v) is 8.82. The molecule has 1 aliphatic rings. The maximum atomic E-state index is 12.9. The highest BCUT2D eigenvalue weighted by Gasteiger charge is 2.31. The van der Waals surface area contributed by atoms with Crippen LogP contribution in [0.3, 0.4) is 0 Å². The fourth-order valence-electron chi connectivity index (χ4n) is 4.40. The number of ether oxygens (including phenoxy) is 3. The Balaban J connectivity index is 1.23. The number of benzene rings is 4. The Labute approximate surface area is 256 Å². The van der Waals surface area contributed by atoms with Gasteiger partial charge in [0.15, 0.2) is 11.5 Å². The first-order valence-electron chi connectivity index (χ1n) is 13.3. The van der Waals surface area contributed by atoms with E-state index < -0.39 is 28.0 Å². The highest BCUT2D eigenvalue weighted by atomic mass is 32.2. The molecule has 4 aromatic rings. The predicted octanol–water partition coefficient (Wildman–Crippen LogP) is 6.23. The van der Waals surface area contributed by atoms with Crippen LogP contribution in [0.15, 0.2) is 107 Å². The van der Waals surface area contributed by atoms with E-state index in [2.05, 4.69) is 21.8 Å². The van der Waals surface area contributed by atoms with Crippen LogP contribution in [0.25, 0.3) is 0 Å². The lowest BCUT2D eigenvalue weighted by Gasteiger charge is -2.23. The summed E-state index contributed by atoms with van der Waals surface area (Å²) in [6.07, 6.45) is -4.89. The SMILES string of the molecule is O=C(NS(=O)(=O)c1ccc(CN(CCSc2ccccc2)Cc2ccc3c(c2)OCO3)cc1)c1ccc(OC(F)(F)F)cc1. The van der Waals surface area contributed by atoms with Crippen LogP contribution >= 0.6 is 11.8 Å². The summed E-state index contributed by atoms with van der Waals surface area (Å²) >= 11 is 1.74. The molecule has 1 aliphatic heterocycles. The van der Waals surface area contributed by atoms with Gasteiger partial charge in [-0.05, 0) is 71.8 Å². The maximum absolute atomic E-state index is 12.9. The van der Waals surface area contributed by atoms with Crippen LogP contribution in [-0.4, -0.2) is 44.7 Å². The number of nitrogens with one attached hydrogen (secondary N) is 1. The summed E-state index contributed by atoms with van der Waals surface area (Å²) in [6, 6.07) is 26.0. The van der Waals surface area contributed by atoms with Crippen molar-refractivity contribution in [2.24, 2.45) is 0 Å². The van der Waals surface area contributed by atoms with Crippen LogP contribution in [0.1, 0.15) is 21.5 Å². The summed E-state index contributed by atoms with van der Waals surface area (Å²) in [6.45, 7) is 2.09. The molecule has 8 nitrogen and oxygen atoms in total. The molecule has 44 heavy (non-hydrogen) atoms. The van der Waals surface area contributed by atoms with Gasteiger partial charge in [0.05, 0.1) is 4.90 Å². The minimum Gasteiger partial charge on any atom is -0.454 e. The average Bonchev–Trinajstić information content (AvgIpc) is 3.45. The molecule has 230 valence electrons. The van der Waals surface area contributed by atoms with Crippen molar-refractivity contribution in [2.75, 3.05) is 19.1 Å². The second-order valence-corrected chi connectivity index (χ2v) is 12.6. The van der Waals surface area contributed by atoms with Crippen molar-refractivity contribution in [3.8, 4) is 17.2 Å². The van der Waals surface area contributed by atoms with Crippen LogP contribution in [0.5, 0.6) is 17.2 Å². The van der Waals surface area contributed by atoms with Crippen LogP contribution in [-0.2, 0) is 23.1 Å². The zero-order chi connectivity index (χ0) is 31.2. The number of halogens is 3. The van der Waals surface area contributed by atoms with Crippen LogP contribution < -0.4 is 18.9 Å². The average molecular weight is 645 g/mol. The van der Waals surface area contributed by atoms with Crippen molar-refractivity contribution in [3.05, 3.63) is 114 Å². The molecule has 0 unspecified atom stereocenters. The topological polar surface area (TPSA) is 94.2 Å². The summed E-state index contributed by atoms with van der Waals surface area (Å²) < 4.78 is 79.5. The van der Waals surface area contributed by atoms with E-state index >= 15 is 0 Å². The Bertz CT molecular complexity index is 1680. The molecule has 4 aromatic carbocycles. The Morgan fingerprint density at radius 3 is 2.23 bits per heavy atom. The second-order valence-electron chi connectivity index (χ2n) is 9.71. The first-order chi connectivity index (χ1) is 21.0. The molecule has 0 aromatic heterocycles. The molecule has 0 saturated heterocycles. The van der Waals surface area contributed by atoms with E-state index in [1.54, 1.807) is 23.9 Å². The number of sulfonamides is 1. The largest absolute Gasteiger partial charge is 0.573 e. The Hall–Kier alpha value is -4.20. The van der Waals surface area contributed by atoms with Gasteiger partial charge in [-0.3, -0.25) is 9.69 Å². The van der Waals surface area contributed by atoms with Gasteiger partial charge in [0.25, 0.3) is 15.9 Å². The lowest BCUT2D eigenvalue weighted by Crippen LogP contribution is -2.30. The van der Waals surface area contributed by atoms with E-state index in [0.717, 1.165) is 52.6 Å². The monoisotopic (exact) mass is 644 g/mol. The van der Waals surface area contributed by atoms with Gasteiger partial charge in [-0.15, -0.1) is 24.9 Å². The predicted molar refractivity (Wildman–Crippen MR) is 158 cm³/mol. The number of hydrogen-bond donors (Lipinski definition) is 1. The fourth-order valence-corrected chi connectivity index (χ4v) is 6.31. The van der Waals surface area contributed by atoms with Gasteiger partial charge in [-0.1, -0.05) is 36.4 Å². The van der Waals surface area contributed by atoms with Gasteiger partial charge in [-0.25, -0.2) is 13.1 Å². The highest BCUT2D eigenvalue weighted by molar-refractivity contribution is 7.99. The smallest absolute Gasteiger partial charge is 0.454 e. The summed E-state index contributed by atoms with van der Waals surface area (Å²) in [7, 11) is -4.24. The van der Waals surface area contributed by atoms with Gasteiger partial charge >= 0.3 is 6.36 Å². The van der Waals surface area contributed by atoms with E-state index in [-0.39, 0.29) is 17.3 Å². The number of amides is 1. The number of fused-ring (bicyclic) bond motifs is 1. The summed E-state index contributed by atoms with van der Waals surface area (Å²) in [4.78, 5) is 15.8. The second kappa shape index (κ2) is 13.6. The number of carbonyl (C=O) groups is 1. The normalized spacial score (nSPS) is 12.7. The molecule has 0 aliphatic carbocycles. The molecule has 0 bridgehead atoms. The van der Waals surface area contributed by atoms with Crippen molar-refractivity contribution in [1.82, 2.24) is 9.62 Å². The summed E-state index contributed by atoms with van der Waals surface area (Å²) in [5.41, 5.74) is 1.76. The van der Waals surface area contributed by atoms with Crippen LogP contribution in [0.4, 0.5) is 13.2 Å². The molecular weight excluding hydrogens is 617 g/mol. The molecule has 13 heteroatoms. The number of thioether (sulfide) groups is 1. The van der Waals surface area contributed by atoms with Crippen molar-refractivity contribution in [3.63, 3.8) is 0 Å². The van der Waals surface area contributed by atoms with Gasteiger partial charge in [0.2, 0.25) is 6.79 Å². The summed E-state index contributed by atoms with van der Waals surface area (Å²) in [5.74, 6) is 0.716. The highest BCUT2D eigenvalue weighted by Crippen LogP contribution is 2.33. The van der Waals surface area contributed by atoms with Crippen molar-refractivity contribution < 1.29 is 40.6 Å². The summed E-state index contributed by atoms with van der Waals surface area (Å²) in [5, 5.41) is 0. The molecule has 1 N–H and O–H groups in total. The molecule has 0 radical (unpaired) electrons. The number of hydrogen-bond acceptors (Lipinski definition) is 8.